The van der Waals surface area contributed by atoms with Crippen LogP contribution in [0.2, 0.25) is 5.02 Å². The third-order valence-corrected chi connectivity index (χ3v) is 6.27. The Labute approximate surface area is 230 Å². The van der Waals surface area contributed by atoms with Gasteiger partial charge in [-0.05, 0) is 72.9 Å². The third kappa shape index (κ3) is 8.70. The van der Waals surface area contributed by atoms with Crippen LogP contribution in [-0.2, 0) is 4.74 Å². The third-order valence-electron chi connectivity index (χ3n) is 6.04. The van der Waals surface area contributed by atoms with Gasteiger partial charge in [-0.15, -0.1) is 0 Å². The van der Waals surface area contributed by atoms with Crippen LogP contribution in [0.25, 0.3) is 5.57 Å². The summed E-state index contributed by atoms with van der Waals surface area (Å²) in [6.07, 6.45) is 3.65. The lowest BCUT2D eigenvalue weighted by molar-refractivity contribution is 0.0804. The van der Waals surface area contributed by atoms with Crippen molar-refractivity contribution in [2.24, 2.45) is 5.92 Å². The predicted molar refractivity (Wildman–Crippen MR) is 155 cm³/mol. The van der Waals surface area contributed by atoms with Crippen molar-refractivity contribution < 1.29 is 14.3 Å². The zero-order valence-corrected chi connectivity index (χ0v) is 23.1. The molecule has 1 unspecified atom stereocenters. The Hall–Kier alpha value is -3.71. The number of carbonyl (C=O) groups is 1. The molecule has 202 valence electrons. The van der Waals surface area contributed by atoms with Gasteiger partial charge in [0.15, 0.2) is 0 Å². The van der Waals surface area contributed by atoms with Gasteiger partial charge in [-0.2, -0.15) is 0 Å². The van der Waals surface area contributed by atoms with E-state index in [-0.39, 0.29) is 18.1 Å². The lowest BCUT2D eigenvalue weighted by atomic mass is 10.0. The summed E-state index contributed by atoms with van der Waals surface area (Å²) in [7, 11) is 0. The molecule has 1 aromatic heterocycles. The Bertz CT molecular complexity index is 1190. The number of hydrogen-bond donors (Lipinski definition) is 2. The average molecular weight is 537 g/mol. The summed E-state index contributed by atoms with van der Waals surface area (Å²) in [4.78, 5) is 18.8. The topological polar surface area (TPSA) is 89.7 Å². The largest absolute Gasteiger partial charge is 0.492 e. The number of nitrogens with one attached hydrogen (secondary N) is 1. The SMILES string of the molecule is C=C(CCN(C(=O)OCC(C)C)C(C)c1ccc(OCCNc2ccncc2)cc1)c1cc(Cl)ccc1N. The molecule has 1 amide bonds. The van der Waals surface area contributed by atoms with Crippen molar-refractivity contribution in [3.05, 3.63) is 89.7 Å². The fourth-order valence-corrected chi connectivity index (χ4v) is 4.02. The fourth-order valence-electron chi connectivity index (χ4n) is 3.85. The molecule has 38 heavy (non-hydrogen) atoms. The molecule has 1 heterocycles. The molecule has 0 aliphatic carbocycles. The van der Waals surface area contributed by atoms with E-state index in [0.29, 0.717) is 43.4 Å². The molecule has 0 radical (unpaired) electrons. The minimum Gasteiger partial charge on any atom is -0.492 e. The van der Waals surface area contributed by atoms with Gasteiger partial charge in [0.1, 0.15) is 12.4 Å². The van der Waals surface area contributed by atoms with Gasteiger partial charge in [0.25, 0.3) is 0 Å². The van der Waals surface area contributed by atoms with E-state index >= 15 is 0 Å². The number of nitrogens with two attached hydrogens (primary N) is 1. The molecule has 8 heteroatoms. The number of anilines is 2. The van der Waals surface area contributed by atoms with E-state index in [9.17, 15) is 4.79 Å². The van der Waals surface area contributed by atoms with Crippen molar-refractivity contribution >= 4 is 34.6 Å². The summed E-state index contributed by atoms with van der Waals surface area (Å²) in [5, 5.41) is 3.88. The Morgan fingerprint density at radius 2 is 1.82 bits per heavy atom. The summed E-state index contributed by atoms with van der Waals surface area (Å²) in [5.74, 6) is 0.998. The number of rotatable bonds is 13. The van der Waals surface area contributed by atoms with Gasteiger partial charge in [-0.25, -0.2) is 4.79 Å². The summed E-state index contributed by atoms with van der Waals surface area (Å²) < 4.78 is 11.5. The van der Waals surface area contributed by atoms with Gasteiger partial charge in [0.05, 0.1) is 12.6 Å². The van der Waals surface area contributed by atoms with Crippen molar-refractivity contribution in [3.63, 3.8) is 0 Å². The second kappa shape index (κ2) is 14.3. The molecular weight excluding hydrogens is 500 g/mol. The number of halogens is 1. The number of ether oxygens (including phenoxy) is 2. The number of nitrogens with zero attached hydrogens (tertiary/aromatic N) is 2. The molecule has 0 saturated heterocycles. The molecule has 0 saturated carbocycles. The number of amides is 1. The van der Waals surface area contributed by atoms with Crippen LogP contribution in [0.15, 0.2) is 73.6 Å². The molecule has 1 atom stereocenters. The molecule has 3 aromatic rings. The highest BCUT2D eigenvalue weighted by atomic mass is 35.5. The standard InChI is InChI=1S/C30H37ClN4O3/c1-21(2)20-38-30(36)35(17-13-22(3)28-19-25(31)7-10-29(28)32)23(4)24-5-8-27(9-6-24)37-18-16-34-26-11-14-33-15-12-26/h5-12,14-15,19,21,23H,3,13,16-18,20,32H2,1-2,4H3,(H,33,34). The zero-order chi connectivity index (χ0) is 27.5. The maximum Gasteiger partial charge on any atom is 0.410 e. The normalized spacial score (nSPS) is 11.6. The first-order valence-corrected chi connectivity index (χ1v) is 13.2. The number of hydrogen-bond acceptors (Lipinski definition) is 6. The van der Waals surface area contributed by atoms with E-state index in [4.69, 9.17) is 26.8 Å². The van der Waals surface area contributed by atoms with Gasteiger partial charge in [0.2, 0.25) is 0 Å². The maximum atomic E-state index is 13.1. The van der Waals surface area contributed by atoms with Crippen molar-refractivity contribution in [1.82, 2.24) is 9.88 Å². The zero-order valence-electron chi connectivity index (χ0n) is 22.3. The van der Waals surface area contributed by atoms with Gasteiger partial charge in [-0.3, -0.25) is 4.98 Å². The highest BCUT2D eigenvalue weighted by Crippen LogP contribution is 2.29. The smallest absolute Gasteiger partial charge is 0.410 e. The fraction of sp³-hybridized carbons (Fsp3) is 0.333. The van der Waals surface area contributed by atoms with Crippen molar-refractivity contribution in [2.45, 2.75) is 33.2 Å². The molecule has 0 spiro atoms. The summed E-state index contributed by atoms with van der Waals surface area (Å²) in [5.41, 5.74) is 10.3. The molecule has 0 aliphatic heterocycles. The van der Waals surface area contributed by atoms with Crippen LogP contribution in [0.4, 0.5) is 16.2 Å². The molecule has 3 rings (SSSR count). The second-order valence-corrected chi connectivity index (χ2v) is 9.94. The molecule has 2 aromatic carbocycles. The Morgan fingerprint density at radius 1 is 1.11 bits per heavy atom. The van der Waals surface area contributed by atoms with Crippen LogP contribution < -0.4 is 15.8 Å². The van der Waals surface area contributed by atoms with E-state index < -0.39 is 0 Å². The van der Waals surface area contributed by atoms with Crippen LogP contribution in [0.3, 0.4) is 0 Å². The van der Waals surface area contributed by atoms with E-state index in [1.54, 1.807) is 35.5 Å². The van der Waals surface area contributed by atoms with Gasteiger partial charge >= 0.3 is 6.09 Å². The second-order valence-electron chi connectivity index (χ2n) is 9.51. The molecule has 0 fully saturated rings. The molecule has 0 bridgehead atoms. The number of carbonyl (C=O) groups excluding carboxylic acids is 1. The van der Waals surface area contributed by atoms with Gasteiger partial charge in [0, 0.05) is 47.4 Å². The van der Waals surface area contributed by atoms with Crippen LogP contribution >= 0.6 is 11.6 Å². The quantitative estimate of drug-likeness (QED) is 0.179. The Kier molecular flexibility index (Phi) is 10.8. The first-order valence-electron chi connectivity index (χ1n) is 12.8. The minimum atomic E-state index is -0.361. The van der Waals surface area contributed by atoms with Crippen LogP contribution in [0.1, 0.15) is 44.4 Å². The lowest BCUT2D eigenvalue weighted by Crippen LogP contribution is -2.35. The van der Waals surface area contributed by atoms with Gasteiger partial charge < -0.3 is 25.4 Å². The summed E-state index contributed by atoms with van der Waals surface area (Å²) in [6.45, 7) is 12.1. The predicted octanol–water partition coefficient (Wildman–Crippen LogP) is 7.07. The van der Waals surface area contributed by atoms with Crippen molar-refractivity contribution in [1.29, 1.82) is 0 Å². The summed E-state index contributed by atoms with van der Waals surface area (Å²) >= 11 is 6.16. The Morgan fingerprint density at radius 3 is 2.50 bits per heavy atom. The molecule has 0 aliphatic rings. The number of aromatic nitrogens is 1. The van der Waals surface area contributed by atoms with E-state index in [0.717, 1.165) is 28.1 Å². The van der Waals surface area contributed by atoms with Crippen molar-refractivity contribution in [2.75, 3.05) is 37.4 Å². The monoisotopic (exact) mass is 536 g/mol. The van der Waals surface area contributed by atoms with Crippen molar-refractivity contribution in [3.8, 4) is 5.75 Å². The van der Waals surface area contributed by atoms with E-state index in [1.807, 2.05) is 57.2 Å². The average Bonchev–Trinajstić information content (AvgIpc) is 2.92. The number of nitrogen functional groups attached to an aromatic ring is 1. The molecule has 7 nitrogen and oxygen atoms in total. The first kappa shape index (κ1) is 28.9. The Balaban J connectivity index is 1.62. The van der Waals surface area contributed by atoms with E-state index in [2.05, 4.69) is 16.9 Å². The maximum absolute atomic E-state index is 13.1. The molecule has 3 N–H and O–H groups in total. The first-order chi connectivity index (χ1) is 18.2. The molecular formula is C30H37ClN4O3. The minimum absolute atomic E-state index is 0.221. The highest BCUT2D eigenvalue weighted by Gasteiger charge is 2.24. The van der Waals surface area contributed by atoms with Gasteiger partial charge in [-0.1, -0.05) is 44.2 Å². The lowest BCUT2D eigenvalue weighted by Gasteiger charge is -2.30. The highest BCUT2D eigenvalue weighted by molar-refractivity contribution is 6.30. The number of benzene rings is 2. The summed E-state index contributed by atoms with van der Waals surface area (Å²) in [6, 6.07) is 16.7. The van der Waals surface area contributed by atoms with Crippen LogP contribution in [0.5, 0.6) is 5.75 Å². The number of pyridine rings is 1. The van der Waals surface area contributed by atoms with Crippen LogP contribution in [0, 0.1) is 5.92 Å². The van der Waals surface area contributed by atoms with E-state index in [1.165, 1.54) is 0 Å². The van der Waals surface area contributed by atoms with Crippen LogP contribution in [-0.4, -0.2) is 42.3 Å².